The number of benzene rings is 1. The third kappa shape index (κ3) is 5.13. The van der Waals surface area contributed by atoms with Gasteiger partial charge in [-0.2, -0.15) is 0 Å². The molecule has 1 aliphatic rings. The van der Waals surface area contributed by atoms with Gasteiger partial charge in [-0.05, 0) is 31.0 Å². The zero-order chi connectivity index (χ0) is 18.8. The van der Waals surface area contributed by atoms with E-state index in [-0.39, 0.29) is 23.0 Å². The van der Waals surface area contributed by atoms with Crippen molar-refractivity contribution in [1.82, 2.24) is 9.62 Å². The number of sulfonamides is 1. The maximum atomic E-state index is 13.1. The number of nitrogens with zero attached hydrogens (tertiary/aromatic N) is 1. The summed E-state index contributed by atoms with van der Waals surface area (Å²) in [5.74, 6) is -1.20. The number of carbonyl (C=O) groups excluding carboxylic acids is 1. The Morgan fingerprint density at radius 3 is 2.40 bits per heavy atom. The second kappa shape index (κ2) is 7.56. The topological polar surface area (TPSA) is 101 Å². The highest BCUT2D eigenvalue weighted by molar-refractivity contribution is 7.91. The number of likely N-dealkylation sites (tertiary alicyclic amines) is 1. The first-order valence-corrected chi connectivity index (χ1v) is 11.2. The molecule has 140 valence electrons. The molecule has 1 fully saturated rings. The van der Waals surface area contributed by atoms with Crippen LogP contribution in [-0.2, 0) is 24.7 Å². The van der Waals surface area contributed by atoms with E-state index in [1.54, 1.807) is 0 Å². The number of piperidine rings is 1. The van der Waals surface area contributed by atoms with Gasteiger partial charge in [-0.15, -0.1) is 0 Å². The maximum absolute atomic E-state index is 13.1. The van der Waals surface area contributed by atoms with Crippen molar-refractivity contribution < 1.29 is 26.0 Å². The molecule has 0 aromatic heterocycles. The van der Waals surface area contributed by atoms with E-state index in [0.717, 1.165) is 24.5 Å². The predicted molar refractivity (Wildman–Crippen MR) is 91.0 cm³/mol. The van der Waals surface area contributed by atoms with Gasteiger partial charge in [-0.1, -0.05) is 11.6 Å². The standard InChI is InChI=1S/C14H18ClFN2O5S2/c1-24(20,21)10-4-6-18(7-5-10)14(19)9-17-25(22,23)11-2-3-13(16)12(15)8-11/h2-3,8,10,17H,4-7,9H2,1H3. The molecule has 1 aromatic rings. The number of sulfone groups is 1. The van der Waals surface area contributed by atoms with E-state index < -0.39 is 43.4 Å². The summed E-state index contributed by atoms with van der Waals surface area (Å²) in [6.45, 7) is 0.0300. The van der Waals surface area contributed by atoms with E-state index in [1.165, 1.54) is 4.90 Å². The van der Waals surface area contributed by atoms with Crippen LogP contribution in [0.15, 0.2) is 23.1 Å². The monoisotopic (exact) mass is 412 g/mol. The average molecular weight is 413 g/mol. The SMILES string of the molecule is CS(=O)(=O)C1CCN(C(=O)CNS(=O)(=O)c2ccc(F)c(Cl)c2)CC1. The van der Waals surface area contributed by atoms with Crippen molar-refractivity contribution in [1.29, 1.82) is 0 Å². The van der Waals surface area contributed by atoms with E-state index in [2.05, 4.69) is 4.72 Å². The molecule has 1 amide bonds. The van der Waals surface area contributed by atoms with E-state index in [1.807, 2.05) is 0 Å². The highest BCUT2D eigenvalue weighted by Crippen LogP contribution is 2.20. The number of amides is 1. The fourth-order valence-electron chi connectivity index (χ4n) is 2.53. The summed E-state index contributed by atoms with van der Waals surface area (Å²) in [6, 6.07) is 2.93. The van der Waals surface area contributed by atoms with Crippen LogP contribution in [0.1, 0.15) is 12.8 Å². The Hall–Kier alpha value is -1.23. The summed E-state index contributed by atoms with van der Waals surface area (Å²) in [5.41, 5.74) is 0. The zero-order valence-electron chi connectivity index (χ0n) is 13.4. The minimum absolute atomic E-state index is 0.248. The number of hydrogen-bond donors (Lipinski definition) is 1. The molecule has 0 radical (unpaired) electrons. The van der Waals surface area contributed by atoms with E-state index in [4.69, 9.17) is 11.6 Å². The summed E-state index contributed by atoms with van der Waals surface area (Å²) in [6.07, 6.45) is 1.81. The van der Waals surface area contributed by atoms with Gasteiger partial charge in [0.2, 0.25) is 15.9 Å². The van der Waals surface area contributed by atoms with Gasteiger partial charge in [0.25, 0.3) is 0 Å². The molecular formula is C14H18ClFN2O5S2. The Labute approximate surface area is 151 Å². The quantitative estimate of drug-likeness (QED) is 0.770. The number of halogens is 2. The van der Waals surface area contributed by atoms with E-state index in [0.29, 0.717) is 12.8 Å². The summed E-state index contributed by atoms with van der Waals surface area (Å²) in [5, 5.41) is -0.813. The van der Waals surface area contributed by atoms with Crippen LogP contribution >= 0.6 is 11.6 Å². The smallest absolute Gasteiger partial charge is 0.241 e. The largest absolute Gasteiger partial charge is 0.341 e. The van der Waals surface area contributed by atoms with Crippen molar-refractivity contribution in [3.8, 4) is 0 Å². The molecule has 1 heterocycles. The highest BCUT2D eigenvalue weighted by Gasteiger charge is 2.29. The van der Waals surface area contributed by atoms with E-state index >= 15 is 0 Å². The van der Waals surface area contributed by atoms with Gasteiger partial charge in [-0.25, -0.2) is 25.9 Å². The van der Waals surface area contributed by atoms with Gasteiger partial charge in [0.05, 0.1) is 21.7 Å². The summed E-state index contributed by atoms with van der Waals surface area (Å²) in [4.78, 5) is 13.3. The molecule has 1 N–H and O–H groups in total. The van der Waals surface area contributed by atoms with Crippen LogP contribution in [0.25, 0.3) is 0 Å². The Bertz CT molecular complexity index is 865. The molecular weight excluding hydrogens is 395 g/mol. The predicted octanol–water partition coefficient (Wildman–Crippen LogP) is 0.793. The third-order valence-electron chi connectivity index (χ3n) is 4.01. The summed E-state index contributed by atoms with van der Waals surface area (Å²) in [7, 11) is -7.16. The first-order valence-electron chi connectivity index (χ1n) is 7.42. The van der Waals surface area contributed by atoms with Crippen LogP contribution < -0.4 is 4.72 Å². The van der Waals surface area contributed by atoms with Gasteiger partial charge in [-0.3, -0.25) is 4.79 Å². The van der Waals surface area contributed by atoms with Crippen LogP contribution in [0.3, 0.4) is 0 Å². The molecule has 11 heteroatoms. The van der Waals surface area contributed by atoms with Gasteiger partial charge in [0.15, 0.2) is 0 Å². The van der Waals surface area contributed by atoms with Crippen LogP contribution in [0.4, 0.5) is 4.39 Å². The first-order chi connectivity index (χ1) is 11.5. The lowest BCUT2D eigenvalue weighted by Gasteiger charge is -2.31. The number of rotatable bonds is 5. The average Bonchev–Trinajstić information content (AvgIpc) is 2.54. The zero-order valence-corrected chi connectivity index (χ0v) is 15.8. The fourth-order valence-corrected chi connectivity index (χ4v) is 4.84. The molecule has 0 saturated carbocycles. The maximum Gasteiger partial charge on any atom is 0.241 e. The Balaban J connectivity index is 1.94. The Kier molecular flexibility index (Phi) is 6.08. The molecule has 7 nitrogen and oxygen atoms in total. The minimum Gasteiger partial charge on any atom is -0.341 e. The Morgan fingerprint density at radius 2 is 1.88 bits per heavy atom. The molecule has 2 rings (SSSR count). The van der Waals surface area contributed by atoms with Gasteiger partial charge < -0.3 is 4.90 Å². The molecule has 0 bridgehead atoms. The summed E-state index contributed by atoms with van der Waals surface area (Å²) < 4.78 is 62.5. The molecule has 1 saturated heterocycles. The lowest BCUT2D eigenvalue weighted by molar-refractivity contribution is -0.130. The molecule has 1 aromatic carbocycles. The molecule has 0 aliphatic carbocycles. The van der Waals surface area contributed by atoms with Crippen LogP contribution in [0, 0.1) is 5.82 Å². The fraction of sp³-hybridized carbons (Fsp3) is 0.500. The van der Waals surface area contributed by atoms with Crippen molar-refractivity contribution in [2.24, 2.45) is 0 Å². The Morgan fingerprint density at radius 1 is 1.28 bits per heavy atom. The normalized spacial score (nSPS) is 16.8. The van der Waals surface area contributed by atoms with Crippen molar-refractivity contribution in [3.05, 3.63) is 29.0 Å². The molecule has 0 atom stereocenters. The van der Waals surface area contributed by atoms with Gasteiger partial charge in [0.1, 0.15) is 15.7 Å². The highest BCUT2D eigenvalue weighted by atomic mass is 35.5. The second-order valence-electron chi connectivity index (χ2n) is 5.81. The second-order valence-corrected chi connectivity index (χ2v) is 10.3. The number of carbonyl (C=O) groups is 1. The molecule has 0 spiro atoms. The van der Waals surface area contributed by atoms with E-state index in [9.17, 15) is 26.0 Å². The molecule has 25 heavy (non-hydrogen) atoms. The number of nitrogens with one attached hydrogen (secondary N) is 1. The van der Waals surface area contributed by atoms with Crippen LogP contribution in [0.5, 0.6) is 0 Å². The van der Waals surface area contributed by atoms with Gasteiger partial charge in [0, 0.05) is 19.3 Å². The van der Waals surface area contributed by atoms with Crippen molar-refractivity contribution >= 4 is 37.4 Å². The minimum atomic E-state index is -4.01. The first kappa shape index (κ1) is 20.1. The van der Waals surface area contributed by atoms with Crippen molar-refractivity contribution in [2.45, 2.75) is 23.0 Å². The van der Waals surface area contributed by atoms with Crippen molar-refractivity contribution in [2.75, 3.05) is 25.9 Å². The van der Waals surface area contributed by atoms with Gasteiger partial charge >= 0.3 is 0 Å². The summed E-state index contributed by atoms with van der Waals surface area (Å²) >= 11 is 5.56. The van der Waals surface area contributed by atoms with Crippen LogP contribution in [-0.4, -0.2) is 58.8 Å². The lowest BCUT2D eigenvalue weighted by atomic mass is 10.1. The molecule has 1 aliphatic heterocycles. The number of hydrogen-bond acceptors (Lipinski definition) is 5. The third-order valence-corrected chi connectivity index (χ3v) is 7.39. The lowest BCUT2D eigenvalue weighted by Crippen LogP contribution is -2.46. The van der Waals surface area contributed by atoms with Crippen LogP contribution in [0.2, 0.25) is 5.02 Å². The van der Waals surface area contributed by atoms with Crippen molar-refractivity contribution in [3.63, 3.8) is 0 Å². The molecule has 0 unspecified atom stereocenters.